The highest BCUT2D eigenvalue weighted by Crippen LogP contribution is 2.33. The highest BCUT2D eigenvalue weighted by atomic mass is 16.5. The molecular formula is C12H22N2O2. The van der Waals surface area contributed by atoms with E-state index in [0.29, 0.717) is 26.2 Å². The van der Waals surface area contributed by atoms with Crippen LogP contribution in [0.1, 0.15) is 39.5 Å². The lowest BCUT2D eigenvalue weighted by Crippen LogP contribution is -2.58. The fraction of sp³-hybridized carbons (Fsp3) is 0.917. The molecule has 0 bridgehead atoms. The molecule has 4 heteroatoms. The van der Waals surface area contributed by atoms with Crippen LogP contribution in [0.3, 0.4) is 0 Å². The van der Waals surface area contributed by atoms with E-state index in [-0.39, 0.29) is 17.0 Å². The quantitative estimate of drug-likeness (QED) is 0.761. The van der Waals surface area contributed by atoms with Gasteiger partial charge in [0.2, 0.25) is 5.91 Å². The van der Waals surface area contributed by atoms with Gasteiger partial charge in [-0.25, -0.2) is 0 Å². The van der Waals surface area contributed by atoms with Gasteiger partial charge in [-0.15, -0.1) is 0 Å². The summed E-state index contributed by atoms with van der Waals surface area (Å²) >= 11 is 0. The fourth-order valence-electron chi connectivity index (χ4n) is 2.52. The van der Waals surface area contributed by atoms with Crippen molar-refractivity contribution in [3.8, 4) is 0 Å². The van der Waals surface area contributed by atoms with Crippen LogP contribution >= 0.6 is 0 Å². The Morgan fingerprint density at radius 1 is 1.44 bits per heavy atom. The molecule has 1 aliphatic carbocycles. The molecule has 0 spiro atoms. The zero-order valence-electron chi connectivity index (χ0n) is 10.3. The Balaban J connectivity index is 1.97. The van der Waals surface area contributed by atoms with Gasteiger partial charge >= 0.3 is 0 Å². The van der Waals surface area contributed by atoms with Crippen molar-refractivity contribution in [1.82, 2.24) is 4.90 Å². The average Bonchev–Trinajstić information content (AvgIpc) is 2.14. The molecular weight excluding hydrogens is 204 g/mol. The van der Waals surface area contributed by atoms with E-state index in [1.807, 2.05) is 18.7 Å². The smallest absolute Gasteiger partial charge is 0.225 e. The summed E-state index contributed by atoms with van der Waals surface area (Å²) in [5, 5.41) is 0. The van der Waals surface area contributed by atoms with Gasteiger partial charge in [-0.05, 0) is 33.1 Å². The van der Waals surface area contributed by atoms with E-state index in [4.69, 9.17) is 10.5 Å². The molecule has 0 aromatic carbocycles. The number of morpholine rings is 1. The van der Waals surface area contributed by atoms with E-state index in [2.05, 4.69) is 0 Å². The molecule has 0 aromatic rings. The molecule has 4 nitrogen and oxygen atoms in total. The number of nitrogens with two attached hydrogens (primary N) is 1. The molecule has 2 rings (SSSR count). The summed E-state index contributed by atoms with van der Waals surface area (Å²) in [6.45, 7) is 6.06. The Hall–Kier alpha value is -0.610. The summed E-state index contributed by atoms with van der Waals surface area (Å²) in [4.78, 5) is 14.1. The van der Waals surface area contributed by atoms with E-state index in [0.717, 1.165) is 19.3 Å². The molecule has 1 heterocycles. The molecule has 2 fully saturated rings. The predicted molar refractivity (Wildman–Crippen MR) is 62.0 cm³/mol. The highest BCUT2D eigenvalue weighted by Gasteiger charge is 2.40. The van der Waals surface area contributed by atoms with Crippen molar-refractivity contribution in [1.29, 1.82) is 0 Å². The topological polar surface area (TPSA) is 55.6 Å². The number of nitrogens with zero attached hydrogens (tertiary/aromatic N) is 1. The molecule has 0 atom stereocenters. The summed E-state index contributed by atoms with van der Waals surface area (Å²) in [6.07, 6.45) is 3.64. The second kappa shape index (κ2) is 4.00. The lowest BCUT2D eigenvalue weighted by atomic mass is 9.75. The third-order valence-corrected chi connectivity index (χ3v) is 3.80. The van der Waals surface area contributed by atoms with Crippen molar-refractivity contribution in [3.63, 3.8) is 0 Å². The Kier molecular flexibility index (Phi) is 2.97. The van der Waals surface area contributed by atoms with E-state index in [1.54, 1.807) is 0 Å². The highest BCUT2D eigenvalue weighted by molar-refractivity contribution is 5.78. The third-order valence-electron chi connectivity index (χ3n) is 3.80. The molecule has 0 radical (unpaired) electrons. The van der Waals surface area contributed by atoms with Gasteiger partial charge in [0.15, 0.2) is 0 Å². The number of carbonyl (C=O) groups is 1. The van der Waals surface area contributed by atoms with E-state index in [9.17, 15) is 4.79 Å². The van der Waals surface area contributed by atoms with Gasteiger partial charge in [0, 0.05) is 18.5 Å². The molecule has 1 saturated carbocycles. The Morgan fingerprint density at radius 3 is 2.62 bits per heavy atom. The van der Waals surface area contributed by atoms with Crippen molar-refractivity contribution < 1.29 is 9.53 Å². The van der Waals surface area contributed by atoms with E-state index in [1.165, 1.54) is 0 Å². The first-order valence-electron chi connectivity index (χ1n) is 6.10. The molecule has 1 aliphatic heterocycles. The maximum atomic E-state index is 12.2. The fourth-order valence-corrected chi connectivity index (χ4v) is 2.52. The number of ether oxygens (including phenoxy) is 1. The molecule has 92 valence electrons. The van der Waals surface area contributed by atoms with Gasteiger partial charge < -0.3 is 15.4 Å². The van der Waals surface area contributed by atoms with Crippen molar-refractivity contribution in [3.05, 3.63) is 0 Å². The first-order valence-corrected chi connectivity index (χ1v) is 6.10. The average molecular weight is 226 g/mol. The van der Waals surface area contributed by atoms with Crippen LogP contribution < -0.4 is 5.73 Å². The van der Waals surface area contributed by atoms with Crippen LogP contribution in [0.15, 0.2) is 0 Å². The first-order chi connectivity index (χ1) is 7.43. The van der Waals surface area contributed by atoms with E-state index < -0.39 is 0 Å². The molecule has 1 saturated heterocycles. The molecule has 0 aromatic heterocycles. The van der Waals surface area contributed by atoms with Gasteiger partial charge in [0.25, 0.3) is 0 Å². The number of carbonyl (C=O) groups excluding carboxylic acids is 1. The second-order valence-corrected chi connectivity index (χ2v) is 5.80. The first kappa shape index (κ1) is 11.9. The molecule has 0 unspecified atom stereocenters. The van der Waals surface area contributed by atoms with Crippen LogP contribution in [-0.4, -0.2) is 41.6 Å². The van der Waals surface area contributed by atoms with Crippen LogP contribution in [0.2, 0.25) is 0 Å². The van der Waals surface area contributed by atoms with E-state index >= 15 is 0 Å². The third kappa shape index (κ3) is 2.23. The van der Waals surface area contributed by atoms with Gasteiger partial charge in [-0.2, -0.15) is 0 Å². The summed E-state index contributed by atoms with van der Waals surface area (Å²) in [5.41, 5.74) is 5.72. The minimum atomic E-state index is -0.217. The van der Waals surface area contributed by atoms with Crippen LogP contribution in [0.5, 0.6) is 0 Å². The maximum absolute atomic E-state index is 12.2. The van der Waals surface area contributed by atoms with Crippen molar-refractivity contribution >= 4 is 5.91 Å². The van der Waals surface area contributed by atoms with Gasteiger partial charge in [0.1, 0.15) is 0 Å². The normalized spacial score (nSPS) is 27.3. The van der Waals surface area contributed by atoms with Gasteiger partial charge in [-0.1, -0.05) is 0 Å². The lowest BCUT2D eigenvalue weighted by Gasteiger charge is -2.45. The molecule has 2 N–H and O–H groups in total. The van der Waals surface area contributed by atoms with Crippen LogP contribution in [-0.2, 0) is 9.53 Å². The van der Waals surface area contributed by atoms with Crippen molar-refractivity contribution in [2.75, 3.05) is 19.8 Å². The van der Waals surface area contributed by atoms with Crippen molar-refractivity contribution in [2.24, 2.45) is 5.73 Å². The largest absolute Gasteiger partial charge is 0.377 e. The van der Waals surface area contributed by atoms with Crippen molar-refractivity contribution in [2.45, 2.75) is 50.6 Å². The Labute approximate surface area is 97.1 Å². The SMILES string of the molecule is CC1(C)COCCN1C(=O)CC1(N)CCC1. The summed E-state index contributed by atoms with van der Waals surface area (Å²) < 4.78 is 5.41. The number of amides is 1. The predicted octanol–water partition coefficient (Wildman–Crippen LogP) is 0.895. The monoisotopic (exact) mass is 226 g/mol. The Morgan fingerprint density at radius 2 is 2.12 bits per heavy atom. The molecule has 16 heavy (non-hydrogen) atoms. The summed E-state index contributed by atoms with van der Waals surface area (Å²) in [7, 11) is 0. The number of rotatable bonds is 2. The summed E-state index contributed by atoms with van der Waals surface area (Å²) in [6, 6.07) is 0. The number of hydrogen-bond donors (Lipinski definition) is 1. The number of hydrogen-bond acceptors (Lipinski definition) is 3. The van der Waals surface area contributed by atoms with Gasteiger partial charge in [-0.3, -0.25) is 4.79 Å². The molecule has 1 amide bonds. The molecule has 2 aliphatic rings. The maximum Gasteiger partial charge on any atom is 0.225 e. The lowest BCUT2D eigenvalue weighted by molar-refractivity contribution is -0.148. The standard InChI is InChI=1S/C12H22N2O2/c1-11(2)9-16-7-6-14(11)10(15)8-12(13)4-3-5-12/h3-9,13H2,1-2H3. The zero-order valence-corrected chi connectivity index (χ0v) is 10.3. The zero-order chi connectivity index (χ0) is 11.8. The second-order valence-electron chi connectivity index (χ2n) is 5.80. The van der Waals surface area contributed by atoms with Crippen LogP contribution in [0.4, 0.5) is 0 Å². The minimum absolute atomic E-state index is 0.185. The summed E-state index contributed by atoms with van der Waals surface area (Å²) in [5.74, 6) is 0.190. The van der Waals surface area contributed by atoms with Gasteiger partial charge in [0.05, 0.1) is 18.8 Å². The minimum Gasteiger partial charge on any atom is -0.377 e. The Bertz CT molecular complexity index is 285. The van der Waals surface area contributed by atoms with Crippen LogP contribution in [0, 0.1) is 0 Å². The van der Waals surface area contributed by atoms with Crippen LogP contribution in [0.25, 0.3) is 0 Å².